The fourth-order valence-electron chi connectivity index (χ4n) is 2.68. The molecule has 0 bridgehead atoms. The van der Waals surface area contributed by atoms with Crippen LogP contribution in [-0.4, -0.2) is 57.2 Å². The van der Waals surface area contributed by atoms with Crippen LogP contribution in [0.3, 0.4) is 0 Å². The van der Waals surface area contributed by atoms with Gasteiger partial charge in [0.2, 0.25) is 0 Å². The van der Waals surface area contributed by atoms with Gasteiger partial charge in [0.25, 0.3) is 5.91 Å². The average molecular weight is 385 g/mol. The molecule has 7 heteroatoms. The van der Waals surface area contributed by atoms with E-state index in [9.17, 15) is 4.79 Å². The van der Waals surface area contributed by atoms with Gasteiger partial charge in [0.1, 0.15) is 0 Å². The minimum Gasteiger partial charge on any atom is -0.493 e. The van der Waals surface area contributed by atoms with E-state index in [4.69, 9.17) is 14.5 Å². The molecule has 27 heavy (non-hydrogen) atoms. The number of thiazole rings is 1. The molecule has 3 aromatic rings. The van der Waals surface area contributed by atoms with Crippen molar-refractivity contribution in [1.82, 2.24) is 9.88 Å². The van der Waals surface area contributed by atoms with Gasteiger partial charge in [-0.25, -0.2) is 4.98 Å². The van der Waals surface area contributed by atoms with Crippen molar-refractivity contribution >= 4 is 32.6 Å². The van der Waals surface area contributed by atoms with E-state index in [0.29, 0.717) is 28.7 Å². The number of likely N-dealkylation sites (N-methyl/N-ethyl adjacent to an activating group) is 1. The highest BCUT2D eigenvalue weighted by atomic mass is 32.1. The highest BCUT2D eigenvalue weighted by molar-refractivity contribution is 7.22. The quantitative estimate of drug-likeness (QED) is 0.623. The SMILES string of the molecule is COc1cc2nc(N(CCN(C)C)C(=O)c3ccccc3)sc2cc1OC. The van der Waals surface area contributed by atoms with E-state index in [1.807, 2.05) is 61.5 Å². The molecule has 2 aromatic carbocycles. The van der Waals surface area contributed by atoms with Crippen LogP contribution in [0.15, 0.2) is 42.5 Å². The Kier molecular flexibility index (Phi) is 5.93. The largest absolute Gasteiger partial charge is 0.493 e. The summed E-state index contributed by atoms with van der Waals surface area (Å²) < 4.78 is 11.7. The molecule has 0 saturated heterocycles. The van der Waals surface area contributed by atoms with Crippen LogP contribution in [0, 0.1) is 0 Å². The summed E-state index contributed by atoms with van der Waals surface area (Å²) in [4.78, 5) is 21.6. The number of carbonyl (C=O) groups excluding carboxylic acids is 1. The zero-order valence-electron chi connectivity index (χ0n) is 15.9. The standard InChI is InChI=1S/C20H23N3O3S/c1-22(2)10-11-23(19(24)14-8-6-5-7-9-14)20-21-15-12-16(25-3)17(26-4)13-18(15)27-20/h5-9,12-13H,10-11H2,1-4H3. The molecule has 3 rings (SSSR count). The highest BCUT2D eigenvalue weighted by Gasteiger charge is 2.22. The van der Waals surface area contributed by atoms with Crippen molar-refractivity contribution in [1.29, 1.82) is 0 Å². The van der Waals surface area contributed by atoms with E-state index in [1.165, 1.54) is 11.3 Å². The molecule has 0 saturated carbocycles. The zero-order chi connectivity index (χ0) is 19.4. The molecule has 0 atom stereocenters. The number of benzene rings is 2. The van der Waals surface area contributed by atoms with Crippen molar-refractivity contribution in [3.63, 3.8) is 0 Å². The third-order valence-corrected chi connectivity index (χ3v) is 5.19. The van der Waals surface area contributed by atoms with Crippen molar-refractivity contribution in [2.24, 2.45) is 0 Å². The smallest absolute Gasteiger partial charge is 0.260 e. The van der Waals surface area contributed by atoms with Crippen molar-refractivity contribution in [3.8, 4) is 11.5 Å². The molecular formula is C20H23N3O3S. The maximum Gasteiger partial charge on any atom is 0.260 e. The van der Waals surface area contributed by atoms with E-state index in [0.717, 1.165) is 16.8 Å². The van der Waals surface area contributed by atoms with E-state index >= 15 is 0 Å². The Morgan fingerprint density at radius 2 is 1.70 bits per heavy atom. The summed E-state index contributed by atoms with van der Waals surface area (Å²) in [6.07, 6.45) is 0. The number of methoxy groups -OCH3 is 2. The van der Waals surface area contributed by atoms with Crippen LogP contribution in [0.2, 0.25) is 0 Å². The van der Waals surface area contributed by atoms with Crippen LogP contribution in [0.5, 0.6) is 11.5 Å². The maximum absolute atomic E-state index is 13.1. The fourth-order valence-corrected chi connectivity index (χ4v) is 3.68. The Labute approximate surface area is 162 Å². The van der Waals surface area contributed by atoms with Gasteiger partial charge in [-0.1, -0.05) is 29.5 Å². The molecule has 0 aliphatic heterocycles. The highest BCUT2D eigenvalue weighted by Crippen LogP contribution is 2.37. The minimum atomic E-state index is -0.0598. The van der Waals surface area contributed by atoms with Gasteiger partial charge in [0, 0.05) is 30.8 Å². The van der Waals surface area contributed by atoms with Gasteiger partial charge in [-0.3, -0.25) is 9.69 Å². The van der Waals surface area contributed by atoms with Gasteiger partial charge in [0.15, 0.2) is 16.6 Å². The molecular weight excluding hydrogens is 362 g/mol. The molecule has 0 aliphatic carbocycles. The lowest BCUT2D eigenvalue weighted by atomic mass is 10.2. The summed E-state index contributed by atoms with van der Waals surface area (Å²) in [5, 5.41) is 0.663. The second-order valence-corrected chi connectivity index (χ2v) is 7.31. The zero-order valence-corrected chi connectivity index (χ0v) is 16.7. The number of rotatable bonds is 7. The normalized spacial score (nSPS) is 11.0. The van der Waals surface area contributed by atoms with Crippen LogP contribution in [0.4, 0.5) is 5.13 Å². The van der Waals surface area contributed by atoms with Gasteiger partial charge >= 0.3 is 0 Å². The van der Waals surface area contributed by atoms with E-state index in [-0.39, 0.29) is 5.91 Å². The fraction of sp³-hybridized carbons (Fsp3) is 0.300. The lowest BCUT2D eigenvalue weighted by Gasteiger charge is -2.22. The molecule has 1 amide bonds. The first-order valence-corrected chi connectivity index (χ1v) is 9.39. The van der Waals surface area contributed by atoms with Gasteiger partial charge < -0.3 is 14.4 Å². The number of amides is 1. The number of hydrogen-bond acceptors (Lipinski definition) is 6. The summed E-state index contributed by atoms with van der Waals surface area (Å²) in [5.41, 5.74) is 1.43. The third-order valence-electron chi connectivity index (χ3n) is 4.15. The topological polar surface area (TPSA) is 54.9 Å². The summed E-state index contributed by atoms with van der Waals surface area (Å²) in [6, 6.07) is 13.0. The predicted molar refractivity (Wildman–Crippen MR) is 109 cm³/mol. The molecule has 0 spiro atoms. The first-order valence-electron chi connectivity index (χ1n) is 8.57. The lowest BCUT2D eigenvalue weighted by molar-refractivity contribution is 0.0985. The number of anilines is 1. The third kappa shape index (κ3) is 4.20. The van der Waals surface area contributed by atoms with Crippen molar-refractivity contribution in [3.05, 3.63) is 48.0 Å². The van der Waals surface area contributed by atoms with Crippen LogP contribution in [0.1, 0.15) is 10.4 Å². The van der Waals surface area contributed by atoms with Crippen LogP contribution in [-0.2, 0) is 0 Å². The van der Waals surface area contributed by atoms with Crippen molar-refractivity contribution in [2.75, 3.05) is 46.3 Å². The number of hydrogen-bond donors (Lipinski definition) is 0. The minimum absolute atomic E-state index is 0.0598. The molecule has 0 aliphatic rings. The number of carbonyl (C=O) groups is 1. The Bertz CT molecular complexity index is 884. The Morgan fingerprint density at radius 1 is 1.04 bits per heavy atom. The average Bonchev–Trinajstić information content (AvgIpc) is 3.09. The van der Waals surface area contributed by atoms with Crippen molar-refractivity contribution < 1.29 is 14.3 Å². The van der Waals surface area contributed by atoms with E-state index in [2.05, 4.69) is 0 Å². The second-order valence-electron chi connectivity index (χ2n) is 6.30. The van der Waals surface area contributed by atoms with E-state index in [1.54, 1.807) is 19.1 Å². The molecule has 6 nitrogen and oxygen atoms in total. The molecule has 1 aromatic heterocycles. The first-order chi connectivity index (χ1) is 13.0. The Hall–Kier alpha value is -2.64. The molecule has 0 unspecified atom stereocenters. The van der Waals surface area contributed by atoms with Gasteiger partial charge in [-0.15, -0.1) is 0 Å². The molecule has 0 radical (unpaired) electrons. The van der Waals surface area contributed by atoms with Gasteiger partial charge in [0.05, 0.1) is 24.4 Å². The molecule has 142 valence electrons. The number of fused-ring (bicyclic) bond motifs is 1. The van der Waals surface area contributed by atoms with Crippen LogP contribution < -0.4 is 14.4 Å². The second kappa shape index (κ2) is 8.37. The lowest BCUT2D eigenvalue weighted by Crippen LogP contribution is -2.36. The van der Waals surface area contributed by atoms with Gasteiger partial charge in [-0.05, 0) is 26.2 Å². The monoisotopic (exact) mass is 385 g/mol. The molecule has 1 heterocycles. The first kappa shape index (κ1) is 19.1. The predicted octanol–water partition coefficient (Wildman–Crippen LogP) is 3.52. The maximum atomic E-state index is 13.1. The Morgan fingerprint density at radius 3 is 2.33 bits per heavy atom. The molecule has 0 N–H and O–H groups in total. The number of ether oxygens (including phenoxy) is 2. The van der Waals surface area contributed by atoms with Gasteiger partial charge in [-0.2, -0.15) is 0 Å². The number of aromatic nitrogens is 1. The van der Waals surface area contributed by atoms with E-state index < -0.39 is 0 Å². The molecule has 0 fully saturated rings. The summed E-state index contributed by atoms with van der Waals surface area (Å²) in [7, 11) is 7.17. The number of nitrogens with zero attached hydrogens (tertiary/aromatic N) is 3. The summed E-state index contributed by atoms with van der Waals surface area (Å²) >= 11 is 1.47. The summed E-state index contributed by atoms with van der Waals surface area (Å²) in [5.74, 6) is 1.21. The van der Waals surface area contributed by atoms with Crippen LogP contribution in [0.25, 0.3) is 10.2 Å². The van der Waals surface area contributed by atoms with Crippen molar-refractivity contribution in [2.45, 2.75) is 0 Å². The Balaban J connectivity index is 2.01. The van der Waals surface area contributed by atoms with Crippen LogP contribution >= 0.6 is 11.3 Å². The summed E-state index contributed by atoms with van der Waals surface area (Å²) in [6.45, 7) is 1.29.